The van der Waals surface area contributed by atoms with Crippen LogP contribution in [0.3, 0.4) is 0 Å². The Bertz CT molecular complexity index is 814. The third kappa shape index (κ3) is 4.56. The molecule has 0 saturated heterocycles. The number of carbonyl (C=O) groups is 1. The average Bonchev–Trinajstić information content (AvgIpc) is 2.56. The second-order valence-electron chi connectivity index (χ2n) is 5.96. The van der Waals surface area contributed by atoms with Gasteiger partial charge in [-0.3, -0.25) is 14.9 Å². The van der Waals surface area contributed by atoms with E-state index in [2.05, 4.69) is 4.74 Å². The highest BCUT2D eigenvalue weighted by Crippen LogP contribution is 2.31. The Kier molecular flexibility index (Phi) is 5.75. The maximum Gasteiger partial charge on any atom is 0.311 e. The fraction of sp³-hybridized carbons (Fsp3) is 0.316. The van der Waals surface area contributed by atoms with Crippen LogP contribution in [-0.2, 0) is 22.6 Å². The van der Waals surface area contributed by atoms with Crippen LogP contribution >= 0.6 is 0 Å². The zero-order valence-electron chi connectivity index (χ0n) is 14.8. The predicted molar refractivity (Wildman–Crippen MR) is 93.8 cm³/mol. The van der Waals surface area contributed by atoms with Gasteiger partial charge in [-0.2, -0.15) is 0 Å². The number of nitro groups is 1. The molecule has 0 spiro atoms. The van der Waals surface area contributed by atoms with E-state index in [9.17, 15) is 14.9 Å². The Labute approximate surface area is 146 Å². The highest BCUT2D eigenvalue weighted by Gasteiger charge is 2.17. The van der Waals surface area contributed by atoms with Gasteiger partial charge in [-0.25, -0.2) is 0 Å². The third-order valence-corrected chi connectivity index (χ3v) is 4.14. The second-order valence-corrected chi connectivity index (χ2v) is 5.96. The summed E-state index contributed by atoms with van der Waals surface area (Å²) in [5.41, 5.74) is 4.45. The van der Waals surface area contributed by atoms with E-state index in [1.54, 1.807) is 6.07 Å². The summed E-state index contributed by atoms with van der Waals surface area (Å²) in [5.74, 6) is -0.0414. The number of esters is 1. The fourth-order valence-electron chi connectivity index (χ4n) is 2.46. The highest BCUT2D eigenvalue weighted by molar-refractivity contribution is 5.72. The molecule has 132 valence electrons. The molecule has 6 heteroatoms. The van der Waals surface area contributed by atoms with Crippen LogP contribution in [0.15, 0.2) is 30.3 Å². The molecule has 0 saturated carbocycles. The maximum atomic E-state index is 11.3. The number of ether oxygens (including phenoxy) is 2. The topological polar surface area (TPSA) is 78.7 Å². The van der Waals surface area contributed by atoms with Crippen molar-refractivity contribution in [2.24, 2.45) is 0 Å². The molecular weight excluding hydrogens is 322 g/mol. The molecule has 2 rings (SSSR count). The molecule has 0 aliphatic heterocycles. The first-order valence-corrected chi connectivity index (χ1v) is 7.85. The molecule has 2 aromatic rings. The molecule has 25 heavy (non-hydrogen) atoms. The number of aryl methyl sites for hydroxylation is 3. The van der Waals surface area contributed by atoms with Crippen molar-refractivity contribution >= 4 is 11.7 Å². The SMILES string of the molecule is COC(=O)Cc1ccc(COc2cc(C)c(C)cc2[N+](=O)[O-])c(C)c1. The number of nitrogens with zero attached hydrogens (tertiary/aromatic N) is 1. The summed E-state index contributed by atoms with van der Waals surface area (Å²) < 4.78 is 10.4. The van der Waals surface area contributed by atoms with Crippen LogP contribution in [0.2, 0.25) is 0 Å². The van der Waals surface area contributed by atoms with Crippen molar-refractivity contribution in [2.45, 2.75) is 33.8 Å². The van der Waals surface area contributed by atoms with E-state index < -0.39 is 4.92 Å². The van der Waals surface area contributed by atoms with Gasteiger partial charge in [0.25, 0.3) is 0 Å². The van der Waals surface area contributed by atoms with Crippen LogP contribution in [0.4, 0.5) is 5.69 Å². The van der Waals surface area contributed by atoms with E-state index in [1.165, 1.54) is 13.2 Å². The van der Waals surface area contributed by atoms with Crippen LogP contribution in [0.1, 0.15) is 27.8 Å². The van der Waals surface area contributed by atoms with Gasteiger partial charge in [-0.05, 0) is 54.7 Å². The van der Waals surface area contributed by atoms with Gasteiger partial charge in [0.1, 0.15) is 6.61 Å². The van der Waals surface area contributed by atoms with Crippen LogP contribution < -0.4 is 4.74 Å². The lowest BCUT2D eigenvalue weighted by Gasteiger charge is -2.12. The van der Waals surface area contributed by atoms with E-state index in [0.717, 1.165) is 27.8 Å². The zero-order chi connectivity index (χ0) is 18.6. The first-order valence-electron chi connectivity index (χ1n) is 7.85. The summed E-state index contributed by atoms with van der Waals surface area (Å²) in [7, 11) is 1.36. The van der Waals surface area contributed by atoms with Crippen LogP contribution in [-0.4, -0.2) is 18.0 Å². The summed E-state index contributed by atoms with van der Waals surface area (Å²) in [6, 6.07) is 8.80. The molecule has 0 atom stereocenters. The molecule has 2 aromatic carbocycles. The van der Waals surface area contributed by atoms with E-state index in [-0.39, 0.29) is 30.4 Å². The molecular formula is C19H21NO5. The van der Waals surface area contributed by atoms with Gasteiger partial charge in [0.05, 0.1) is 18.5 Å². The minimum atomic E-state index is -0.436. The molecule has 6 nitrogen and oxygen atoms in total. The number of carbonyl (C=O) groups excluding carboxylic acids is 1. The molecule has 0 aromatic heterocycles. The van der Waals surface area contributed by atoms with E-state index in [0.29, 0.717) is 0 Å². The van der Waals surface area contributed by atoms with Gasteiger partial charge in [0, 0.05) is 6.07 Å². The Morgan fingerprint density at radius 3 is 2.36 bits per heavy atom. The van der Waals surface area contributed by atoms with Gasteiger partial charge in [-0.15, -0.1) is 0 Å². The molecule has 0 fully saturated rings. The Morgan fingerprint density at radius 1 is 1.08 bits per heavy atom. The molecule has 0 aliphatic carbocycles. The molecule has 0 amide bonds. The Morgan fingerprint density at radius 2 is 1.76 bits per heavy atom. The monoisotopic (exact) mass is 343 g/mol. The van der Waals surface area contributed by atoms with Crippen molar-refractivity contribution in [2.75, 3.05) is 7.11 Å². The number of nitro benzene ring substituents is 1. The molecule has 0 aliphatic rings. The van der Waals surface area contributed by atoms with Gasteiger partial charge in [0.2, 0.25) is 0 Å². The normalized spacial score (nSPS) is 10.4. The quantitative estimate of drug-likeness (QED) is 0.453. The highest BCUT2D eigenvalue weighted by atomic mass is 16.6. The number of methoxy groups -OCH3 is 1. The summed E-state index contributed by atoms with van der Waals surface area (Å²) in [6.45, 7) is 5.84. The van der Waals surface area contributed by atoms with E-state index in [4.69, 9.17) is 4.74 Å². The first-order chi connectivity index (χ1) is 11.8. The van der Waals surface area contributed by atoms with Gasteiger partial charge in [-0.1, -0.05) is 18.2 Å². The van der Waals surface area contributed by atoms with Crippen molar-refractivity contribution in [3.05, 3.63) is 68.3 Å². The summed E-state index contributed by atoms with van der Waals surface area (Å²) in [4.78, 5) is 22.1. The molecule has 0 bridgehead atoms. The summed E-state index contributed by atoms with van der Waals surface area (Å²) in [5, 5.41) is 11.2. The summed E-state index contributed by atoms with van der Waals surface area (Å²) in [6.07, 6.45) is 0.209. The lowest BCUT2D eigenvalue weighted by atomic mass is 10.0. The largest absolute Gasteiger partial charge is 0.482 e. The van der Waals surface area contributed by atoms with Crippen molar-refractivity contribution in [3.63, 3.8) is 0 Å². The molecule has 0 radical (unpaired) electrons. The second kappa shape index (κ2) is 7.79. The third-order valence-electron chi connectivity index (χ3n) is 4.14. The smallest absolute Gasteiger partial charge is 0.311 e. The van der Waals surface area contributed by atoms with Crippen molar-refractivity contribution in [3.8, 4) is 5.75 Å². The first kappa shape index (κ1) is 18.4. The number of benzene rings is 2. The van der Waals surface area contributed by atoms with E-state index >= 15 is 0 Å². The van der Waals surface area contributed by atoms with Crippen molar-refractivity contribution in [1.29, 1.82) is 0 Å². The Balaban J connectivity index is 2.18. The zero-order valence-corrected chi connectivity index (χ0v) is 14.8. The van der Waals surface area contributed by atoms with Crippen LogP contribution in [0.5, 0.6) is 5.75 Å². The Hall–Kier alpha value is -2.89. The standard InChI is InChI=1S/C19H21NO5/c1-12-8-17(20(22)23)18(9-13(12)2)25-11-16-6-5-15(7-14(16)3)10-19(21)24-4/h5-9H,10-11H2,1-4H3. The maximum absolute atomic E-state index is 11.3. The predicted octanol–water partition coefficient (Wildman–Crippen LogP) is 3.81. The molecule has 0 unspecified atom stereocenters. The van der Waals surface area contributed by atoms with Gasteiger partial charge in [0.15, 0.2) is 5.75 Å². The van der Waals surface area contributed by atoms with Crippen molar-refractivity contribution < 1.29 is 19.2 Å². The lowest BCUT2D eigenvalue weighted by Crippen LogP contribution is -2.06. The average molecular weight is 343 g/mol. The van der Waals surface area contributed by atoms with Gasteiger partial charge >= 0.3 is 11.7 Å². The number of hydrogen-bond acceptors (Lipinski definition) is 5. The fourth-order valence-corrected chi connectivity index (χ4v) is 2.46. The van der Waals surface area contributed by atoms with E-state index in [1.807, 2.05) is 39.0 Å². The van der Waals surface area contributed by atoms with Crippen LogP contribution in [0, 0.1) is 30.9 Å². The van der Waals surface area contributed by atoms with Gasteiger partial charge < -0.3 is 9.47 Å². The number of rotatable bonds is 6. The van der Waals surface area contributed by atoms with Crippen molar-refractivity contribution in [1.82, 2.24) is 0 Å². The minimum Gasteiger partial charge on any atom is -0.482 e. The molecule has 0 heterocycles. The van der Waals surface area contributed by atoms with Crippen LogP contribution in [0.25, 0.3) is 0 Å². The lowest BCUT2D eigenvalue weighted by molar-refractivity contribution is -0.386. The minimum absolute atomic E-state index is 0.0388. The summed E-state index contributed by atoms with van der Waals surface area (Å²) >= 11 is 0. The number of hydrogen-bond donors (Lipinski definition) is 0. The molecule has 0 N–H and O–H groups in total.